The normalized spacial score (nSPS) is 11.3. The number of hydrogen-bond donors (Lipinski definition) is 3. The van der Waals surface area contributed by atoms with Crippen molar-refractivity contribution in [1.29, 1.82) is 0 Å². The summed E-state index contributed by atoms with van der Waals surface area (Å²) in [4.78, 5) is 21.3. The van der Waals surface area contributed by atoms with Crippen molar-refractivity contribution >= 4 is 11.0 Å². The number of aromatic amines is 2. The number of aromatic nitrogens is 4. The second-order valence-electron chi connectivity index (χ2n) is 4.56. The monoisotopic (exact) mass is 257 g/mol. The molecule has 98 valence electrons. The lowest BCUT2D eigenvalue weighted by molar-refractivity contribution is 0.789. The summed E-state index contributed by atoms with van der Waals surface area (Å²) in [5.41, 5.74) is 9.95. The number of nitrogens with two attached hydrogens (primary N) is 1. The Morgan fingerprint density at radius 3 is 2.79 bits per heavy atom. The standard InChI is InChI=1S/C13H15N5O/c1-7-15-12(11(6-14)18(7)2)8-3-4-9-10(5-8)17-13(19)16-9/h3-5H,6,14H2,1-2H3,(H2,16,17,19). The Bertz CT molecular complexity index is 808. The molecule has 2 aromatic heterocycles. The van der Waals surface area contributed by atoms with Crippen LogP contribution in [-0.4, -0.2) is 19.5 Å². The molecule has 6 nitrogen and oxygen atoms in total. The van der Waals surface area contributed by atoms with Crippen molar-refractivity contribution < 1.29 is 0 Å². The van der Waals surface area contributed by atoms with E-state index in [1.807, 2.05) is 36.7 Å². The lowest BCUT2D eigenvalue weighted by Gasteiger charge is -2.03. The van der Waals surface area contributed by atoms with E-state index in [1.54, 1.807) is 0 Å². The molecule has 0 fully saturated rings. The second kappa shape index (κ2) is 4.10. The number of aryl methyl sites for hydroxylation is 1. The van der Waals surface area contributed by atoms with Crippen LogP contribution < -0.4 is 11.4 Å². The third kappa shape index (κ3) is 1.77. The van der Waals surface area contributed by atoms with Crippen molar-refractivity contribution in [2.24, 2.45) is 12.8 Å². The molecule has 6 heteroatoms. The van der Waals surface area contributed by atoms with E-state index < -0.39 is 0 Å². The molecule has 3 rings (SSSR count). The van der Waals surface area contributed by atoms with Crippen LogP contribution >= 0.6 is 0 Å². The maximum Gasteiger partial charge on any atom is 0.323 e. The topological polar surface area (TPSA) is 92.5 Å². The quantitative estimate of drug-likeness (QED) is 0.640. The fourth-order valence-electron chi connectivity index (χ4n) is 2.30. The Morgan fingerprint density at radius 2 is 2.05 bits per heavy atom. The molecule has 0 unspecified atom stereocenters. The molecule has 0 aliphatic heterocycles. The van der Waals surface area contributed by atoms with Gasteiger partial charge in [-0.05, 0) is 19.1 Å². The minimum absolute atomic E-state index is 0.205. The van der Waals surface area contributed by atoms with Crippen molar-refractivity contribution in [2.75, 3.05) is 0 Å². The van der Waals surface area contributed by atoms with Gasteiger partial charge in [-0.1, -0.05) is 6.07 Å². The smallest absolute Gasteiger partial charge is 0.323 e. The Hall–Kier alpha value is -2.34. The maximum absolute atomic E-state index is 11.3. The SMILES string of the molecule is Cc1nc(-c2ccc3[nH]c(=O)[nH]c3c2)c(CN)n1C. The number of benzene rings is 1. The summed E-state index contributed by atoms with van der Waals surface area (Å²) in [6.45, 7) is 2.37. The van der Waals surface area contributed by atoms with Crippen LogP contribution in [0.15, 0.2) is 23.0 Å². The molecule has 0 aliphatic rings. The number of H-pyrrole nitrogens is 2. The van der Waals surface area contributed by atoms with Crippen LogP contribution in [0.2, 0.25) is 0 Å². The number of imidazole rings is 2. The molecule has 0 saturated carbocycles. The van der Waals surface area contributed by atoms with E-state index in [0.717, 1.165) is 33.8 Å². The Labute approximate surface area is 109 Å². The maximum atomic E-state index is 11.3. The first kappa shape index (κ1) is 11.7. The number of nitrogens with one attached hydrogen (secondary N) is 2. The summed E-state index contributed by atoms with van der Waals surface area (Å²) in [6, 6.07) is 5.72. The molecule has 0 saturated heterocycles. The van der Waals surface area contributed by atoms with Gasteiger partial charge < -0.3 is 20.3 Å². The molecule has 2 heterocycles. The van der Waals surface area contributed by atoms with Crippen molar-refractivity contribution in [2.45, 2.75) is 13.5 Å². The van der Waals surface area contributed by atoms with Gasteiger partial charge in [0.05, 0.1) is 22.4 Å². The summed E-state index contributed by atoms with van der Waals surface area (Å²) in [6.07, 6.45) is 0. The molecular weight excluding hydrogens is 242 g/mol. The summed E-state index contributed by atoms with van der Waals surface area (Å²) in [5.74, 6) is 0.915. The molecule has 0 spiro atoms. The van der Waals surface area contributed by atoms with Crippen LogP contribution in [0.4, 0.5) is 0 Å². The molecule has 0 bridgehead atoms. The second-order valence-corrected chi connectivity index (χ2v) is 4.56. The number of fused-ring (bicyclic) bond motifs is 1. The molecule has 3 aromatic rings. The Kier molecular flexibility index (Phi) is 2.53. The van der Waals surface area contributed by atoms with E-state index in [4.69, 9.17) is 5.73 Å². The highest BCUT2D eigenvalue weighted by molar-refractivity contribution is 5.81. The van der Waals surface area contributed by atoms with Crippen LogP contribution in [0.5, 0.6) is 0 Å². The fraction of sp³-hybridized carbons (Fsp3) is 0.231. The van der Waals surface area contributed by atoms with E-state index in [2.05, 4.69) is 15.0 Å². The summed E-state index contributed by atoms with van der Waals surface area (Å²) in [5, 5.41) is 0. The Morgan fingerprint density at radius 1 is 1.32 bits per heavy atom. The van der Waals surface area contributed by atoms with E-state index >= 15 is 0 Å². The van der Waals surface area contributed by atoms with Gasteiger partial charge in [-0.25, -0.2) is 9.78 Å². The molecule has 19 heavy (non-hydrogen) atoms. The van der Waals surface area contributed by atoms with Gasteiger partial charge in [-0.15, -0.1) is 0 Å². The van der Waals surface area contributed by atoms with Crippen molar-refractivity contribution in [1.82, 2.24) is 19.5 Å². The fourth-order valence-corrected chi connectivity index (χ4v) is 2.30. The summed E-state index contributed by atoms with van der Waals surface area (Å²) < 4.78 is 1.99. The van der Waals surface area contributed by atoms with Gasteiger partial charge in [-0.3, -0.25) is 0 Å². The van der Waals surface area contributed by atoms with Gasteiger partial charge in [0.1, 0.15) is 5.82 Å². The lowest BCUT2D eigenvalue weighted by atomic mass is 10.1. The molecule has 4 N–H and O–H groups in total. The van der Waals surface area contributed by atoms with E-state index in [-0.39, 0.29) is 5.69 Å². The first-order valence-corrected chi connectivity index (χ1v) is 6.05. The first-order valence-electron chi connectivity index (χ1n) is 6.05. The molecular formula is C13H15N5O. The third-order valence-corrected chi connectivity index (χ3v) is 3.42. The highest BCUT2D eigenvalue weighted by atomic mass is 16.1. The van der Waals surface area contributed by atoms with E-state index in [9.17, 15) is 4.79 Å². The average Bonchev–Trinajstić information content (AvgIpc) is 2.89. The van der Waals surface area contributed by atoms with Crippen LogP contribution in [0.25, 0.3) is 22.3 Å². The minimum atomic E-state index is -0.205. The van der Waals surface area contributed by atoms with Gasteiger partial charge >= 0.3 is 5.69 Å². The zero-order valence-corrected chi connectivity index (χ0v) is 10.8. The van der Waals surface area contributed by atoms with Gasteiger partial charge in [-0.2, -0.15) is 0 Å². The summed E-state index contributed by atoms with van der Waals surface area (Å²) >= 11 is 0. The van der Waals surface area contributed by atoms with Gasteiger partial charge in [0.25, 0.3) is 0 Å². The van der Waals surface area contributed by atoms with Crippen LogP contribution in [0, 0.1) is 6.92 Å². The first-order chi connectivity index (χ1) is 9.10. The van der Waals surface area contributed by atoms with Crippen LogP contribution in [0.1, 0.15) is 11.5 Å². The number of nitrogens with zero attached hydrogens (tertiary/aromatic N) is 2. The van der Waals surface area contributed by atoms with Crippen molar-refractivity contribution in [3.63, 3.8) is 0 Å². The third-order valence-electron chi connectivity index (χ3n) is 3.42. The van der Waals surface area contributed by atoms with Crippen molar-refractivity contribution in [3.8, 4) is 11.3 Å². The van der Waals surface area contributed by atoms with Crippen LogP contribution in [-0.2, 0) is 13.6 Å². The zero-order chi connectivity index (χ0) is 13.6. The largest absolute Gasteiger partial charge is 0.334 e. The molecule has 0 radical (unpaired) electrons. The van der Waals surface area contributed by atoms with Gasteiger partial charge in [0.2, 0.25) is 0 Å². The molecule has 0 atom stereocenters. The lowest BCUT2D eigenvalue weighted by Crippen LogP contribution is -2.05. The highest BCUT2D eigenvalue weighted by Gasteiger charge is 2.13. The zero-order valence-electron chi connectivity index (χ0n) is 10.8. The predicted molar refractivity (Wildman–Crippen MR) is 73.7 cm³/mol. The number of hydrogen-bond acceptors (Lipinski definition) is 3. The Balaban J connectivity index is 2.23. The van der Waals surface area contributed by atoms with E-state index in [0.29, 0.717) is 6.54 Å². The average molecular weight is 257 g/mol. The molecule has 1 aromatic carbocycles. The van der Waals surface area contributed by atoms with Gasteiger partial charge in [0, 0.05) is 19.2 Å². The van der Waals surface area contributed by atoms with Crippen LogP contribution in [0.3, 0.4) is 0 Å². The highest BCUT2D eigenvalue weighted by Crippen LogP contribution is 2.25. The predicted octanol–water partition coefficient (Wildman–Crippen LogP) is 1.02. The summed E-state index contributed by atoms with van der Waals surface area (Å²) in [7, 11) is 1.95. The van der Waals surface area contributed by atoms with Crippen molar-refractivity contribution in [3.05, 3.63) is 40.2 Å². The van der Waals surface area contributed by atoms with E-state index in [1.165, 1.54) is 0 Å². The molecule has 0 aliphatic carbocycles. The van der Waals surface area contributed by atoms with Gasteiger partial charge in [0.15, 0.2) is 0 Å². The number of rotatable bonds is 2. The molecule has 0 amide bonds. The minimum Gasteiger partial charge on any atom is -0.334 e.